The molecule has 0 amide bonds. The third-order valence-corrected chi connectivity index (χ3v) is 4.34. The lowest BCUT2D eigenvalue weighted by Crippen LogP contribution is -2.23. The molecule has 0 aliphatic rings. The summed E-state index contributed by atoms with van der Waals surface area (Å²) in [6.07, 6.45) is -4.33. The highest BCUT2D eigenvalue weighted by molar-refractivity contribution is 6.01. The Morgan fingerprint density at radius 1 is 1.11 bits per heavy atom. The Kier molecular flexibility index (Phi) is 4.00. The fourth-order valence-corrected chi connectivity index (χ4v) is 2.93. The molecule has 4 rings (SSSR count). The van der Waals surface area contributed by atoms with E-state index in [1.807, 2.05) is 0 Å². The lowest BCUT2D eigenvalue weighted by molar-refractivity contribution is -0.137. The van der Waals surface area contributed by atoms with Crippen molar-refractivity contribution in [2.75, 3.05) is 0 Å². The Morgan fingerprint density at radius 2 is 1.81 bits per heavy atom. The van der Waals surface area contributed by atoms with Crippen LogP contribution in [0.5, 0.6) is 0 Å². The van der Waals surface area contributed by atoms with Gasteiger partial charge < -0.3 is 9.52 Å². The molecule has 1 atom stereocenters. The fraction of sp³-hybridized carbons (Fsp3) is 0.158. The van der Waals surface area contributed by atoms with Crippen molar-refractivity contribution in [2.45, 2.75) is 18.8 Å². The van der Waals surface area contributed by atoms with Crippen LogP contribution in [-0.4, -0.2) is 14.7 Å². The van der Waals surface area contributed by atoms with Crippen molar-refractivity contribution in [1.29, 1.82) is 0 Å². The van der Waals surface area contributed by atoms with Crippen LogP contribution in [0.15, 0.2) is 64.1 Å². The molecule has 1 N–H and O–H groups in total. The van der Waals surface area contributed by atoms with Gasteiger partial charge in [0, 0.05) is 5.39 Å². The zero-order chi connectivity index (χ0) is 19.2. The number of hydrogen-bond acceptors (Lipinski definition) is 4. The Morgan fingerprint density at radius 3 is 2.52 bits per heavy atom. The minimum absolute atomic E-state index is 0.0679. The van der Waals surface area contributed by atoms with Crippen LogP contribution in [0.4, 0.5) is 13.2 Å². The molecule has 0 unspecified atom stereocenters. The summed E-state index contributed by atoms with van der Waals surface area (Å²) in [5.74, 6) is 0. The van der Waals surface area contributed by atoms with Gasteiger partial charge in [-0.15, -0.1) is 0 Å². The van der Waals surface area contributed by atoms with E-state index in [4.69, 9.17) is 4.42 Å². The van der Waals surface area contributed by atoms with Crippen molar-refractivity contribution < 1.29 is 22.7 Å². The number of aliphatic hydroxyl groups is 1. The number of furan rings is 1. The maximum Gasteiger partial charge on any atom is 0.416 e. The molecule has 2 aromatic carbocycles. The summed E-state index contributed by atoms with van der Waals surface area (Å²) in [7, 11) is 0. The van der Waals surface area contributed by atoms with Gasteiger partial charge in [-0.25, -0.2) is 4.98 Å². The van der Waals surface area contributed by atoms with Crippen molar-refractivity contribution in [3.05, 3.63) is 76.3 Å². The Labute approximate surface area is 150 Å². The van der Waals surface area contributed by atoms with Crippen molar-refractivity contribution in [2.24, 2.45) is 0 Å². The molecule has 4 aromatic rings. The Bertz CT molecular complexity index is 1180. The smallest absolute Gasteiger partial charge is 0.416 e. The van der Waals surface area contributed by atoms with Crippen LogP contribution in [-0.2, 0) is 12.7 Å². The average Bonchev–Trinajstić information content (AvgIpc) is 3.03. The van der Waals surface area contributed by atoms with Gasteiger partial charge in [0.05, 0.1) is 24.5 Å². The Balaban J connectivity index is 1.66. The van der Waals surface area contributed by atoms with Gasteiger partial charge in [-0.3, -0.25) is 9.36 Å². The molecule has 27 heavy (non-hydrogen) atoms. The first-order chi connectivity index (χ1) is 12.8. The van der Waals surface area contributed by atoms with Crippen LogP contribution in [0, 0.1) is 0 Å². The number of benzene rings is 2. The highest BCUT2D eigenvalue weighted by Gasteiger charge is 2.30. The van der Waals surface area contributed by atoms with E-state index in [9.17, 15) is 23.1 Å². The van der Waals surface area contributed by atoms with Gasteiger partial charge >= 0.3 is 6.18 Å². The van der Waals surface area contributed by atoms with Crippen molar-refractivity contribution in [3.8, 4) is 0 Å². The molecule has 5 nitrogen and oxygen atoms in total. The van der Waals surface area contributed by atoms with E-state index in [1.54, 1.807) is 24.3 Å². The molecular weight excluding hydrogens is 361 g/mol. The lowest BCUT2D eigenvalue weighted by atomic mass is 10.1. The molecule has 2 aromatic heterocycles. The molecule has 0 saturated carbocycles. The number of aromatic nitrogens is 2. The van der Waals surface area contributed by atoms with E-state index in [1.165, 1.54) is 23.0 Å². The second-order valence-corrected chi connectivity index (χ2v) is 6.11. The summed E-state index contributed by atoms with van der Waals surface area (Å²) in [6, 6.07) is 11.2. The van der Waals surface area contributed by atoms with Crippen molar-refractivity contribution in [3.63, 3.8) is 0 Å². The predicted octanol–water partition coefficient (Wildman–Crippen LogP) is 3.90. The van der Waals surface area contributed by atoms with Crippen LogP contribution < -0.4 is 5.56 Å². The van der Waals surface area contributed by atoms with Gasteiger partial charge in [0.1, 0.15) is 11.1 Å². The third kappa shape index (κ3) is 3.08. The van der Waals surface area contributed by atoms with Gasteiger partial charge in [-0.2, -0.15) is 13.2 Å². The number of para-hydroxylation sites is 1. The molecule has 0 fully saturated rings. The van der Waals surface area contributed by atoms with Crippen molar-refractivity contribution >= 4 is 22.1 Å². The lowest BCUT2D eigenvalue weighted by Gasteiger charge is -2.14. The molecule has 0 spiro atoms. The van der Waals surface area contributed by atoms with Crippen LogP contribution in [0.2, 0.25) is 0 Å². The number of rotatable bonds is 3. The number of aliphatic hydroxyl groups excluding tert-OH is 1. The molecule has 8 heteroatoms. The quantitative estimate of drug-likeness (QED) is 0.591. The standard InChI is InChI=1S/C19H13F3N2O3/c20-19(21,22)12-7-5-11(6-8-12)14(25)9-24-10-23-16-13-3-1-2-4-15(13)27-17(16)18(24)26/h1-8,10,14,25H,9H2/t14-/m1/s1. The summed E-state index contributed by atoms with van der Waals surface area (Å²) in [6.45, 7) is -0.163. The normalized spacial score (nSPS) is 13.3. The number of nitrogens with zero attached hydrogens (tertiary/aromatic N) is 2. The van der Waals surface area contributed by atoms with E-state index in [2.05, 4.69) is 4.98 Å². The van der Waals surface area contributed by atoms with E-state index >= 15 is 0 Å². The van der Waals surface area contributed by atoms with E-state index < -0.39 is 23.4 Å². The molecule has 0 radical (unpaired) electrons. The molecule has 138 valence electrons. The maximum atomic E-state index is 12.6. The number of alkyl halides is 3. The van der Waals surface area contributed by atoms with Crippen LogP contribution in [0.1, 0.15) is 17.2 Å². The second kappa shape index (κ2) is 6.24. The first-order valence-electron chi connectivity index (χ1n) is 8.06. The monoisotopic (exact) mass is 374 g/mol. The van der Waals surface area contributed by atoms with Gasteiger partial charge in [-0.1, -0.05) is 24.3 Å². The number of hydrogen-bond donors (Lipinski definition) is 1. The molecular formula is C19H13F3N2O3. The molecule has 0 saturated heterocycles. The van der Waals surface area contributed by atoms with Gasteiger partial charge in [0.15, 0.2) is 0 Å². The second-order valence-electron chi connectivity index (χ2n) is 6.11. The highest BCUT2D eigenvalue weighted by atomic mass is 19.4. The fourth-order valence-electron chi connectivity index (χ4n) is 2.93. The predicted molar refractivity (Wildman–Crippen MR) is 92.2 cm³/mol. The molecule has 0 aliphatic carbocycles. The molecule has 2 heterocycles. The maximum absolute atomic E-state index is 12.6. The number of halogens is 3. The first-order valence-corrected chi connectivity index (χ1v) is 8.06. The minimum atomic E-state index is -4.45. The molecule has 0 aliphatic heterocycles. The van der Waals surface area contributed by atoms with Gasteiger partial charge in [0.2, 0.25) is 5.58 Å². The van der Waals surface area contributed by atoms with Crippen molar-refractivity contribution in [1.82, 2.24) is 9.55 Å². The van der Waals surface area contributed by atoms with E-state index in [0.29, 0.717) is 16.5 Å². The summed E-state index contributed by atoms with van der Waals surface area (Å²) in [4.78, 5) is 16.9. The third-order valence-electron chi connectivity index (χ3n) is 4.34. The van der Waals surface area contributed by atoms with Crippen LogP contribution in [0.3, 0.4) is 0 Å². The zero-order valence-corrected chi connectivity index (χ0v) is 13.8. The number of fused-ring (bicyclic) bond motifs is 3. The first kappa shape index (κ1) is 17.3. The van der Waals surface area contributed by atoms with Crippen LogP contribution in [0.25, 0.3) is 22.1 Å². The summed E-state index contributed by atoms with van der Waals surface area (Å²) < 4.78 is 44.6. The Hall–Kier alpha value is -3.13. The summed E-state index contributed by atoms with van der Waals surface area (Å²) >= 11 is 0. The van der Waals surface area contributed by atoms with Gasteiger partial charge in [0.25, 0.3) is 5.56 Å². The van der Waals surface area contributed by atoms with Gasteiger partial charge in [-0.05, 0) is 29.8 Å². The summed E-state index contributed by atoms with van der Waals surface area (Å²) in [5, 5.41) is 11.0. The zero-order valence-electron chi connectivity index (χ0n) is 13.8. The summed E-state index contributed by atoms with van der Waals surface area (Å²) in [5.41, 5.74) is 0.00932. The minimum Gasteiger partial charge on any atom is -0.448 e. The average molecular weight is 374 g/mol. The largest absolute Gasteiger partial charge is 0.448 e. The van der Waals surface area contributed by atoms with E-state index in [-0.39, 0.29) is 17.7 Å². The molecule has 0 bridgehead atoms. The topological polar surface area (TPSA) is 68.3 Å². The van der Waals surface area contributed by atoms with Crippen LogP contribution >= 0.6 is 0 Å². The highest BCUT2D eigenvalue weighted by Crippen LogP contribution is 2.30. The SMILES string of the molecule is O=c1c2oc3ccccc3c2ncn1C[C@@H](O)c1ccc(C(F)(F)F)cc1. The van der Waals surface area contributed by atoms with E-state index in [0.717, 1.165) is 12.1 Å².